The van der Waals surface area contributed by atoms with Crippen molar-refractivity contribution in [1.82, 2.24) is 4.90 Å². The van der Waals surface area contributed by atoms with Crippen LogP contribution < -0.4 is 9.47 Å². The Balaban J connectivity index is 1.64. The Morgan fingerprint density at radius 1 is 1.24 bits per heavy atom. The Morgan fingerprint density at radius 2 is 2.04 bits per heavy atom. The van der Waals surface area contributed by atoms with Crippen molar-refractivity contribution in [3.63, 3.8) is 0 Å². The van der Waals surface area contributed by atoms with Gasteiger partial charge in [-0.15, -0.1) is 0 Å². The van der Waals surface area contributed by atoms with Crippen LogP contribution in [-0.4, -0.2) is 29.6 Å². The van der Waals surface area contributed by atoms with Crippen LogP contribution in [0.25, 0.3) is 6.08 Å². The molecule has 1 aliphatic heterocycles. The molecule has 0 aromatic heterocycles. The number of carbonyl (C=O) groups excluding carboxylic acids is 1. The molecule has 1 amide bonds. The molecule has 0 radical (unpaired) electrons. The van der Waals surface area contributed by atoms with E-state index in [-0.39, 0.29) is 18.4 Å². The summed E-state index contributed by atoms with van der Waals surface area (Å²) < 4.78 is 10.6. The fourth-order valence-corrected chi connectivity index (χ4v) is 2.43. The molecule has 0 aliphatic carbocycles. The van der Waals surface area contributed by atoms with Crippen molar-refractivity contribution < 1.29 is 19.2 Å². The molecule has 0 bridgehead atoms. The van der Waals surface area contributed by atoms with Gasteiger partial charge in [0, 0.05) is 31.8 Å². The van der Waals surface area contributed by atoms with E-state index in [0.29, 0.717) is 23.6 Å². The molecule has 0 fully saturated rings. The number of nitrogens with zero attached hydrogens (tertiary/aromatic N) is 2. The van der Waals surface area contributed by atoms with Crippen LogP contribution in [0.4, 0.5) is 5.69 Å². The second-order valence-electron chi connectivity index (χ2n) is 5.57. The van der Waals surface area contributed by atoms with Crippen molar-refractivity contribution in [2.75, 3.05) is 13.8 Å². The lowest BCUT2D eigenvalue weighted by molar-refractivity contribution is -0.384. The summed E-state index contributed by atoms with van der Waals surface area (Å²) in [4.78, 5) is 24.1. The second kappa shape index (κ2) is 7.04. The molecule has 0 atom stereocenters. The Bertz CT molecular complexity index is 847. The van der Waals surface area contributed by atoms with E-state index in [9.17, 15) is 14.9 Å². The normalized spacial score (nSPS) is 12.4. The molecule has 0 unspecified atom stereocenters. The second-order valence-corrected chi connectivity index (χ2v) is 5.57. The zero-order valence-corrected chi connectivity index (χ0v) is 13.5. The third-order valence-corrected chi connectivity index (χ3v) is 3.73. The summed E-state index contributed by atoms with van der Waals surface area (Å²) in [5.74, 6) is 1.16. The van der Waals surface area contributed by atoms with Gasteiger partial charge in [-0.25, -0.2) is 0 Å². The van der Waals surface area contributed by atoms with Crippen molar-refractivity contribution >= 4 is 17.7 Å². The van der Waals surface area contributed by atoms with Gasteiger partial charge in [0.15, 0.2) is 11.5 Å². The number of rotatable bonds is 5. The van der Waals surface area contributed by atoms with E-state index in [1.807, 2.05) is 18.2 Å². The van der Waals surface area contributed by atoms with Gasteiger partial charge in [0.05, 0.1) is 4.92 Å². The van der Waals surface area contributed by atoms with E-state index in [0.717, 1.165) is 5.56 Å². The number of ether oxygens (including phenoxy) is 2. The van der Waals surface area contributed by atoms with E-state index in [1.54, 1.807) is 30.2 Å². The van der Waals surface area contributed by atoms with E-state index in [1.165, 1.54) is 18.2 Å². The molecular weight excluding hydrogens is 324 g/mol. The minimum Gasteiger partial charge on any atom is -0.454 e. The summed E-state index contributed by atoms with van der Waals surface area (Å²) in [5, 5.41) is 10.8. The van der Waals surface area contributed by atoms with Crippen molar-refractivity contribution in [3.8, 4) is 11.5 Å². The minimum atomic E-state index is -0.467. The third kappa shape index (κ3) is 3.95. The molecule has 0 spiro atoms. The SMILES string of the molecule is CN(Cc1ccc2c(c1)OCO2)C(=O)/C=C/c1cccc([N+](=O)[O-])c1. The number of non-ortho nitro benzene ring substituents is 1. The lowest BCUT2D eigenvalue weighted by Gasteiger charge is -2.15. The molecule has 0 saturated carbocycles. The summed E-state index contributed by atoms with van der Waals surface area (Å²) in [7, 11) is 1.69. The van der Waals surface area contributed by atoms with Crippen LogP contribution in [0.5, 0.6) is 11.5 Å². The Kier molecular flexibility index (Phi) is 4.65. The van der Waals surface area contributed by atoms with Crippen molar-refractivity contribution in [1.29, 1.82) is 0 Å². The molecule has 128 valence electrons. The third-order valence-electron chi connectivity index (χ3n) is 3.73. The van der Waals surface area contributed by atoms with Crippen LogP contribution in [0.2, 0.25) is 0 Å². The summed E-state index contributed by atoms with van der Waals surface area (Å²) in [6.45, 7) is 0.619. The van der Waals surface area contributed by atoms with Gasteiger partial charge in [0.1, 0.15) is 0 Å². The predicted octanol–water partition coefficient (Wildman–Crippen LogP) is 3.00. The van der Waals surface area contributed by atoms with Crippen molar-refractivity contribution in [3.05, 3.63) is 69.8 Å². The number of likely N-dealkylation sites (N-methyl/N-ethyl adjacent to an activating group) is 1. The molecule has 2 aromatic carbocycles. The molecule has 7 heteroatoms. The Hall–Kier alpha value is -3.35. The highest BCUT2D eigenvalue weighted by atomic mass is 16.7. The smallest absolute Gasteiger partial charge is 0.270 e. The van der Waals surface area contributed by atoms with E-state index in [2.05, 4.69) is 0 Å². The maximum absolute atomic E-state index is 12.2. The highest BCUT2D eigenvalue weighted by molar-refractivity contribution is 5.91. The monoisotopic (exact) mass is 340 g/mol. The van der Waals surface area contributed by atoms with Crippen LogP contribution in [0.15, 0.2) is 48.5 Å². The largest absolute Gasteiger partial charge is 0.454 e. The van der Waals surface area contributed by atoms with Gasteiger partial charge < -0.3 is 14.4 Å². The van der Waals surface area contributed by atoms with Gasteiger partial charge in [-0.1, -0.05) is 18.2 Å². The van der Waals surface area contributed by atoms with Crippen LogP contribution >= 0.6 is 0 Å². The summed E-state index contributed by atoms with van der Waals surface area (Å²) in [6.07, 6.45) is 2.96. The van der Waals surface area contributed by atoms with Gasteiger partial charge in [0.2, 0.25) is 12.7 Å². The highest BCUT2D eigenvalue weighted by Gasteiger charge is 2.14. The Labute approximate surface area is 144 Å². The Morgan fingerprint density at radius 3 is 2.84 bits per heavy atom. The van der Waals surface area contributed by atoms with Crippen molar-refractivity contribution in [2.45, 2.75) is 6.54 Å². The molecule has 1 aliphatic rings. The first kappa shape index (κ1) is 16.5. The number of nitro groups is 1. The first-order valence-electron chi connectivity index (χ1n) is 7.59. The molecule has 7 nitrogen and oxygen atoms in total. The first-order chi connectivity index (χ1) is 12.0. The summed E-state index contributed by atoms with van der Waals surface area (Å²) >= 11 is 0. The fraction of sp³-hybridized carbons (Fsp3) is 0.167. The topological polar surface area (TPSA) is 81.9 Å². The van der Waals surface area contributed by atoms with Gasteiger partial charge in [-0.3, -0.25) is 14.9 Å². The first-order valence-corrected chi connectivity index (χ1v) is 7.59. The number of carbonyl (C=O) groups is 1. The van der Waals surface area contributed by atoms with Crippen LogP contribution in [-0.2, 0) is 11.3 Å². The number of hydrogen-bond acceptors (Lipinski definition) is 5. The molecule has 3 rings (SSSR count). The number of amides is 1. The molecule has 0 saturated heterocycles. The van der Waals surface area contributed by atoms with Gasteiger partial charge in [-0.05, 0) is 29.3 Å². The average molecular weight is 340 g/mol. The molecule has 25 heavy (non-hydrogen) atoms. The molecular formula is C18H16N2O5. The predicted molar refractivity (Wildman–Crippen MR) is 91.2 cm³/mol. The summed E-state index contributed by atoms with van der Waals surface area (Å²) in [6, 6.07) is 11.6. The zero-order chi connectivity index (χ0) is 17.8. The van der Waals surface area contributed by atoms with Gasteiger partial charge in [0.25, 0.3) is 5.69 Å². The van der Waals surface area contributed by atoms with Crippen LogP contribution in [0.1, 0.15) is 11.1 Å². The van der Waals surface area contributed by atoms with E-state index >= 15 is 0 Å². The molecule has 1 heterocycles. The van der Waals surface area contributed by atoms with E-state index < -0.39 is 4.92 Å². The summed E-state index contributed by atoms with van der Waals surface area (Å²) in [5.41, 5.74) is 1.51. The lowest BCUT2D eigenvalue weighted by Crippen LogP contribution is -2.24. The van der Waals surface area contributed by atoms with Crippen LogP contribution in [0, 0.1) is 10.1 Å². The highest BCUT2D eigenvalue weighted by Crippen LogP contribution is 2.32. The lowest BCUT2D eigenvalue weighted by atomic mass is 10.1. The number of nitro benzene ring substituents is 1. The molecule has 2 aromatic rings. The molecule has 0 N–H and O–H groups in total. The van der Waals surface area contributed by atoms with Crippen LogP contribution in [0.3, 0.4) is 0 Å². The number of hydrogen-bond donors (Lipinski definition) is 0. The number of fused-ring (bicyclic) bond motifs is 1. The quantitative estimate of drug-likeness (QED) is 0.475. The zero-order valence-electron chi connectivity index (χ0n) is 13.5. The van der Waals surface area contributed by atoms with E-state index in [4.69, 9.17) is 9.47 Å². The maximum atomic E-state index is 12.2. The van der Waals surface area contributed by atoms with Crippen molar-refractivity contribution in [2.24, 2.45) is 0 Å². The standard InChI is InChI=1S/C18H16N2O5/c1-19(11-14-5-7-16-17(10-14)25-12-24-16)18(21)8-6-13-3-2-4-15(9-13)20(22)23/h2-10H,11-12H2,1H3/b8-6+. The minimum absolute atomic E-state index is 0.0108. The average Bonchev–Trinajstić information content (AvgIpc) is 3.07. The number of benzene rings is 2. The van der Waals surface area contributed by atoms with Gasteiger partial charge in [-0.2, -0.15) is 0 Å². The maximum Gasteiger partial charge on any atom is 0.270 e. The fourth-order valence-electron chi connectivity index (χ4n) is 2.43. The van der Waals surface area contributed by atoms with Gasteiger partial charge >= 0.3 is 0 Å².